The van der Waals surface area contributed by atoms with Crippen molar-refractivity contribution in [3.63, 3.8) is 0 Å². The normalized spacial score (nSPS) is 10.8. The van der Waals surface area contributed by atoms with Gasteiger partial charge in [0.2, 0.25) is 0 Å². The Hall–Kier alpha value is -0.820. The van der Waals surface area contributed by atoms with Crippen molar-refractivity contribution < 1.29 is 4.42 Å². The van der Waals surface area contributed by atoms with Crippen molar-refractivity contribution in [2.75, 3.05) is 0 Å². The molecule has 1 nitrogen and oxygen atoms in total. The van der Waals surface area contributed by atoms with Crippen LogP contribution in [0.3, 0.4) is 0 Å². The zero-order valence-corrected chi connectivity index (χ0v) is 15.7. The molecular weight excluding hydrogens is 486 g/mol. The summed E-state index contributed by atoms with van der Waals surface area (Å²) in [6.45, 7) is 0. The van der Waals surface area contributed by atoms with Gasteiger partial charge in [-0.25, -0.2) is 0 Å². The maximum absolute atomic E-state index is 5.46. The van der Waals surface area contributed by atoms with Crippen molar-refractivity contribution in [3.8, 4) is 22.3 Å². The van der Waals surface area contributed by atoms with Gasteiger partial charge in [0.25, 0.3) is 0 Å². The lowest BCUT2D eigenvalue weighted by Crippen LogP contribution is -1.83. The van der Waals surface area contributed by atoms with Crippen molar-refractivity contribution >= 4 is 45.2 Å². The maximum atomic E-state index is 5.46. The van der Waals surface area contributed by atoms with Gasteiger partial charge in [-0.1, -0.05) is 93.7 Å². The van der Waals surface area contributed by atoms with E-state index in [0.717, 1.165) is 20.0 Å². The summed E-state index contributed by atoms with van der Waals surface area (Å²) < 4.78 is 7.54. The van der Waals surface area contributed by atoms with E-state index in [1.807, 2.05) is 12.5 Å². The third kappa shape index (κ3) is 3.34. The third-order valence-electron chi connectivity index (χ3n) is 3.50. The fourth-order valence-corrected chi connectivity index (χ4v) is 3.31. The molecule has 0 bridgehead atoms. The Labute approximate surface area is 152 Å². The van der Waals surface area contributed by atoms with Crippen LogP contribution in [0.25, 0.3) is 22.3 Å². The summed E-state index contributed by atoms with van der Waals surface area (Å²) >= 11 is 4.76. The van der Waals surface area contributed by atoms with Gasteiger partial charge in [-0.3, -0.25) is 0 Å². The van der Waals surface area contributed by atoms with Gasteiger partial charge in [0.1, 0.15) is 0 Å². The zero-order chi connectivity index (χ0) is 14.7. The zero-order valence-electron chi connectivity index (χ0n) is 11.4. The second-order valence-electron chi connectivity index (χ2n) is 4.86. The summed E-state index contributed by atoms with van der Waals surface area (Å²) in [7, 11) is 0. The molecule has 0 amide bonds. The van der Waals surface area contributed by atoms with Crippen LogP contribution in [-0.4, -0.2) is 0 Å². The molecule has 0 spiro atoms. The lowest BCUT2D eigenvalue weighted by molar-refractivity contribution is 0.569. The van der Waals surface area contributed by atoms with Crippen LogP contribution in [-0.2, 0) is 8.86 Å². The first kappa shape index (κ1) is 15.1. The Morgan fingerprint density at radius 3 is 1.33 bits per heavy atom. The summed E-state index contributed by atoms with van der Waals surface area (Å²) in [6.07, 6.45) is 3.67. The standard InChI is InChI=1S/C18H14I2O/c19-9-13-1-5-15(6-2-13)17-11-21-12-18(17)16-7-3-14(10-20)4-8-16/h1-8,11-12H,9-10H2. The first-order valence-corrected chi connectivity index (χ1v) is 9.73. The number of halogens is 2. The lowest BCUT2D eigenvalue weighted by Gasteiger charge is -2.05. The Morgan fingerprint density at radius 1 is 0.619 bits per heavy atom. The largest absolute Gasteiger partial charge is 0.471 e. The quantitative estimate of drug-likeness (QED) is 0.295. The maximum Gasteiger partial charge on any atom is 0.0987 e. The van der Waals surface area contributed by atoms with Crippen molar-refractivity contribution in [1.82, 2.24) is 0 Å². The number of rotatable bonds is 4. The summed E-state index contributed by atoms with van der Waals surface area (Å²) in [4.78, 5) is 0. The molecule has 0 aliphatic heterocycles. The van der Waals surface area contributed by atoms with Crippen molar-refractivity contribution in [2.45, 2.75) is 8.86 Å². The van der Waals surface area contributed by atoms with Crippen LogP contribution < -0.4 is 0 Å². The minimum Gasteiger partial charge on any atom is -0.471 e. The highest BCUT2D eigenvalue weighted by molar-refractivity contribution is 14.1. The van der Waals surface area contributed by atoms with Crippen LogP contribution in [0.5, 0.6) is 0 Å². The van der Waals surface area contributed by atoms with Crippen LogP contribution in [0, 0.1) is 0 Å². The molecule has 21 heavy (non-hydrogen) atoms. The summed E-state index contributed by atoms with van der Waals surface area (Å²) in [5, 5.41) is 0. The predicted octanol–water partition coefficient (Wildman–Crippen LogP) is 6.48. The van der Waals surface area contributed by atoms with E-state index in [1.165, 1.54) is 22.3 Å². The van der Waals surface area contributed by atoms with Gasteiger partial charge >= 0.3 is 0 Å². The molecule has 0 unspecified atom stereocenters. The molecule has 0 saturated heterocycles. The van der Waals surface area contributed by atoms with Crippen LogP contribution in [0.2, 0.25) is 0 Å². The smallest absolute Gasteiger partial charge is 0.0987 e. The first-order valence-electron chi connectivity index (χ1n) is 6.68. The average molecular weight is 500 g/mol. The van der Waals surface area contributed by atoms with Crippen molar-refractivity contribution in [2.24, 2.45) is 0 Å². The highest BCUT2D eigenvalue weighted by atomic mass is 127. The number of alkyl halides is 2. The van der Waals surface area contributed by atoms with Crippen LogP contribution in [0.15, 0.2) is 65.5 Å². The average Bonchev–Trinajstić information content (AvgIpc) is 3.04. The molecule has 0 fully saturated rings. The molecule has 106 valence electrons. The Balaban J connectivity index is 1.99. The summed E-state index contributed by atoms with van der Waals surface area (Å²) in [5.74, 6) is 0. The summed E-state index contributed by atoms with van der Waals surface area (Å²) in [5.41, 5.74) is 7.39. The molecule has 0 aliphatic rings. The molecule has 0 atom stereocenters. The van der Waals surface area contributed by atoms with Crippen LogP contribution >= 0.6 is 45.2 Å². The molecule has 1 aromatic heterocycles. The SMILES string of the molecule is ICc1ccc(-c2cocc2-c2ccc(CI)cc2)cc1. The van der Waals surface area contributed by atoms with Crippen LogP contribution in [0.4, 0.5) is 0 Å². The van der Waals surface area contributed by atoms with Gasteiger partial charge in [0, 0.05) is 20.0 Å². The van der Waals surface area contributed by atoms with E-state index >= 15 is 0 Å². The molecule has 3 aromatic rings. The van der Waals surface area contributed by atoms with Gasteiger partial charge in [0.15, 0.2) is 0 Å². The van der Waals surface area contributed by atoms with Gasteiger partial charge in [-0.15, -0.1) is 0 Å². The molecule has 3 heteroatoms. The van der Waals surface area contributed by atoms with Crippen molar-refractivity contribution in [3.05, 3.63) is 72.2 Å². The van der Waals surface area contributed by atoms with E-state index < -0.39 is 0 Å². The van der Waals surface area contributed by atoms with Gasteiger partial charge in [-0.2, -0.15) is 0 Å². The van der Waals surface area contributed by atoms with Crippen LogP contribution in [0.1, 0.15) is 11.1 Å². The number of benzene rings is 2. The predicted molar refractivity (Wildman–Crippen MR) is 105 cm³/mol. The fourth-order valence-electron chi connectivity index (χ4n) is 2.29. The second-order valence-corrected chi connectivity index (χ2v) is 6.39. The Kier molecular flexibility index (Phi) is 5.00. The van der Waals surface area contributed by atoms with Gasteiger partial charge in [0.05, 0.1) is 12.5 Å². The van der Waals surface area contributed by atoms with E-state index in [4.69, 9.17) is 4.42 Å². The minimum absolute atomic E-state index is 1.04. The topological polar surface area (TPSA) is 13.1 Å². The summed E-state index contributed by atoms with van der Waals surface area (Å²) in [6, 6.07) is 17.4. The number of hydrogen-bond donors (Lipinski definition) is 0. The first-order chi connectivity index (χ1) is 10.3. The van der Waals surface area contributed by atoms with Crippen molar-refractivity contribution in [1.29, 1.82) is 0 Å². The molecule has 0 saturated carbocycles. The number of hydrogen-bond acceptors (Lipinski definition) is 1. The van der Waals surface area contributed by atoms with E-state index in [2.05, 4.69) is 93.7 Å². The molecular formula is C18H14I2O. The lowest BCUT2D eigenvalue weighted by atomic mass is 9.98. The fraction of sp³-hybridized carbons (Fsp3) is 0.111. The molecule has 2 aromatic carbocycles. The molecule has 0 radical (unpaired) electrons. The molecule has 0 aliphatic carbocycles. The van der Waals surface area contributed by atoms with Gasteiger partial charge in [-0.05, 0) is 22.3 Å². The number of furan rings is 1. The molecule has 3 rings (SSSR count). The van der Waals surface area contributed by atoms with E-state index in [0.29, 0.717) is 0 Å². The van der Waals surface area contributed by atoms with E-state index in [-0.39, 0.29) is 0 Å². The Morgan fingerprint density at radius 2 is 1.00 bits per heavy atom. The monoisotopic (exact) mass is 500 g/mol. The highest BCUT2D eigenvalue weighted by Gasteiger charge is 2.10. The Bertz CT molecular complexity index is 650. The minimum atomic E-state index is 1.04. The third-order valence-corrected chi connectivity index (χ3v) is 5.26. The van der Waals surface area contributed by atoms with E-state index in [9.17, 15) is 0 Å². The second kappa shape index (κ2) is 6.96. The van der Waals surface area contributed by atoms with E-state index in [1.54, 1.807) is 0 Å². The highest BCUT2D eigenvalue weighted by Crippen LogP contribution is 2.33. The van der Waals surface area contributed by atoms with Gasteiger partial charge < -0.3 is 4.42 Å². The molecule has 1 heterocycles. The molecule has 0 N–H and O–H groups in total.